The summed E-state index contributed by atoms with van der Waals surface area (Å²) < 4.78 is 28.0. The number of imide groups is 1. The van der Waals surface area contributed by atoms with Crippen LogP contribution in [0.15, 0.2) is 42.5 Å². The Morgan fingerprint density at radius 1 is 0.828 bits per heavy atom. The van der Waals surface area contributed by atoms with Gasteiger partial charge in [0.25, 0.3) is 10.1 Å². The molecule has 0 spiro atoms. The zero-order valence-corrected chi connectivity index (χ0v) is 18.1. The molecule has 3 rings (SSSR count). The van der Waals surface area contributed by atoms with Crippen LogP contribution in [-0.2, 0) is 14.3 Å². The standard InChI is InChI=1S/C22H26NO5S/c1-14(2)16-11-8-12-17(15(3)4)20(16)23(13-28-29(5,26)27)21(24)18-9-6-7-10-19(18)22(23)25/h6-12,14-15H,13H2,1-5H3/q+1. The maximum absolute atomic E-state index is 13.7. The van der Waals surface area contributed by atoms with E-state index in [9.17, 15) is 18.0 Å². The van der Waals surface area contributed by atoms with Crippen LogP contribution in [0.2, 0.25) is 0 Å². The van der Waals surface area contributed by atoms with Crippen molar-refractivity contribution in [3.63, 3.8) is 0 Å². The highest BCUT2D eigenvalue weighted by molar-refractivity contribution is 7.85. The number of fused-ring (bicyclic) bond motifs is 1. The van der Waals surface area contributed by atoms with E-state index in [1.54, 1.807) is 24.3 Å². The third-order valence-corrected chi connectivity index (χ3v) is 5.80. The molecule has 0 saturated heterocycles. The van der Waals surface area contributed by atoms with Gasteiger partial charge in [-0.25, -0.2) is 13.8 Å². The van der Waals surface area contributed by atoms with Gasteiger partial charge in [0, 0.05) is 11.1 Å². The van der Waals surface area contributed by atoms with Crippen LogP contribution in [0.1, 0.15) is 71.4 Å². The average Bonchev–Trinajstić information content (AvgIpc) is 2.87. The first-order valence-corrected chi connectivity index (χ1v) is 11.4. The van der Waals surface area contributed by atoms with Crippen molar-refractivity contribution >= 4 is 27.6 Å². The molecule has 0 N–H and O–H groups in total. The van der Waals surface area contributed by atoms with Crippen molar-refractivity contribution < 1.29 is 22.2 Å². The topological polar surface area (TPSA) is 77.5 Å². The Kier molecular flexibility index (Phi) is 5.51. The highest BCUT2D eigenvalue weighted by Crippen LogP contribution is 2.44. The maximum atomic E-state index is 13.7. The van der Waals surface area contributed by atoms with E-state index in [-0.39, 0.29) is 23.0 Å². The Morgan fingerprint density at radius 2 is 1.28 bits per heavy atom. The maximum Gasteiger partial charge on any atom is 0.361 e. The van der Waals surface area contributed by atoms with Gasteiger partial charge in [-0.1, -0.05) is 58.0 Å². The average molecular weight is 417 g/mol. The van der Waals surface area contributed by atoms with Crippen LogP contribution in [-0.4, -0.2) is 33.2 Å². The lowest BCUT2D eigenvalue weighted by Crippen LogP contribution is -2.57. The second kappa shape index (κ2) is 7.48. The minimum atomic E-state index is -3.88. The molecule has 0 bridgehead atoms. The molecule has 154 valence electrons. The van der Waals surface area contributed by atoms with Gasteiger partial charge in [-0.3, -0.25) is 0 Å². The number of quaternary nitrogens is 1. The van der Waals surface area contributed by atoms with Gasteiger partial charge >= 0.3 is 11.8 Å². The molecule has 0 atom stereocenters. The molecule has 6 nitrogen and oxygen atoms in total. The summed E-state index contributed by atoms with van der Waals surface area (Å²) in [5.41, 5.74) is 2.73. The highest BCUT2D eigenvalue weighted by Gasteiger charge is 2.58. The van der Waals surface area contributed by atoms with Gasteiger partial charge in [-0.15, -0.1) is 4.48 Å². The zero-order valence-electron chi connectivity index (χ0n) is 17.3. The van der Waals surface area contributed by atoms with E-state index in [4.69, 9.17) is 4.18 Å². The summed E-state index contributed by atoms with van der Waals surface area (Å²) in [7, 11) is -3.88. The molecule has 2 aromatic rings. The van der Waals surface area contributed by atoms with Gasteiger partial charge < -0.3 is 0 Å². The van der Waals surface area contributed by atoms with E-state index in [2.05, 4.69) is 0 Å². The number of carbonyl (C=O) groups excluding carboxylic acids is 2. The highest BCUT2D eigenvalue weighted by atomic mass is 32.2. The Morgan fingerprint density at radius 3 is 1.66 bits per heavy atom. The molecular weight excluding hydrogens is 390 g/mol. The predicted molar refractivity (Wildman–Crippen MR) is 112 cm³/mol. The summed E-state index contributed by atoms with van der Waals surface area (Å²) in [4.78, 5) is 27.3. The zero-order chi connectivity index (χ0) is 21.6. The molecule has 1 heterocycles. The number of carbonyl (C=O) groups is 2. The fraction of sp³-hybridized carbons (Fsp3) is 0.364. The van der Waals surface area contributed by atoms with Crippen LogP contribution in [0.3, 0.4) is 0 Å². The lowest BCUT2D eigenvalue weighted by Gasteiger charge is -2.32. The molecule has 0 unspecified atom stereocenters. The molecule has 0 aliphatic carbocycles. The van der Waals surface area contributed by atoms with Gasteiger partial charge in [0.05, 0.1) is 17.4 Å². The smallest absolute Gasteiger partial charge is 0.224 e. The van der Waals surface area contributed by atoms with Gasteiger partial charge in [-0.05, 0) is 24.0 Å². The van der Waals surface area contributed by atoms with Crippen LogP contribution in [0, 0.1) is 0 Å². The number of nitrogens with zero attached hydrogens (tertiary/aromatic N) is 1. The molecular formula is C22H26NO5S+. The van der Waals surface area contributed by atoms with Crippen molar-refractivity contribution in [1.82, 2.24) is 4.48 Å². The van der Waals surface area contributed by atoms with Crippen molar-refractivity contribution in [3.05, 3.63) is 64.7 Å². The molecule has 7 heteroatoms. The van der Waals surface area contributed by atoms with E-state index >= 15 is 0 Å². The van der Waals surface area contributed by atoms with Crippen molar-refractivity contribution in [2.24, 2.45) is 0 Å². The number of amides is 2. The van der Waals surface area contributed by atoms with Crippen LogP contribution >= 0.6 is 0 Å². The summed E-state index contributed by atoms with van der Waals surface area (Å²) in [5, 5.41) is 0. The predicted octanol–water partition coefficient (Wildman–Crippen LogP) is 4.17. The third kappa shape index (κ3) is 3.54. The molecule has 2 amide bonds. The van der Waals surface area contributed by atoms with Crippen LogP contribution in [0.4, 0.5) is 5.69 Å². The van der Waals surface area contributed by atoms with E-state index in [1.807, 2.05) is 45.9 Å². The van der Waals surface area contributed by atoms with Crippen molar-refractivity contribution in [2.75, 3.05) is 13.0 Å². The van der Waals surface area contributed by atoms with Crippen molar-refractivity contribution in [2.45, 2.75) is 39.5 Å². The van der Waals surface area contributed by atoms with E-state index in [1.165, 1.54) is 0 Å². The molecule has 1 aliphatic heterocycles. The van der Waals surface area contributed by atoms with Gasteiger partial charge in [0.1, 0.15) is 0 Å². The Labute approximate surface area is 171 Å². The summed E-state index contributed by atoms with van der Waals surface area (Å²) in [6.45, 7) is 7.32. The van der Waals surface area contributed by atoms with E-state index < -0.39 is 33.1 Å². The molecule has 0 saturated carbocycles. The van der Waals surface area contributed by atoms with Crippen molar-refractivity contribution in [1.29, 1.82) is 0 Å². The molecule has 0 aromatic heterocycles. The van der Waals surface area contributed by atoms with Gasteiger partial charge in [0.15, 0.2) is 5.69 Å². The fourth-order valence-electron chi connectivity index (χ4n) is 3.87. The first-order valence-electron chi connectivity index (χ1n) is 9.55. The first-order chi connectivity index (χ1) is 13.5. The first kappa shape index (κ1) is 21.4. The largest absolute Gasteiger partial charge is 0.361 e. The molecule has 1 aliphatic rings. The number of benzene rings is 2. The molecule has 0 fully saturated rings. The van der Waals surface area contributed by atoms with Gasteiger partial charge in [0.2, 0.25) is 6.73 Å². The second-order valence-corrected chi connectivity index (χ2v) is 9.66. The summed E-state index contributed by atoms with van der Waals surface area (Å²) in [5.74, 6) is -0.906. The number of hydrogen-bond donors (Lipinski definition) is 0. The summed E-state index contributed by atoms with van der Waals surface area (Å²) in [6, 6.07) is 12.3. The van der Waals surface area contributed by atoms with E-state index in [0.717, 1.165) is 17.4 Å². The minimum Gasteiger partial charge on any atom is -0.224 e. The normalized spacial score (nSPS) is 16.0. The molecule has 29 heavy (non-hydrogen) atoms. The Balaban J connectivity index is 2.39. The van der Waals surface area contributed by atoms with Crippen molar-refractivity contribution in [3.8, 4) is 0 Å². The Hall–Kier alpha value is -2.35. The summed E-state index contributed by atoms with van der Waals surface area (Å²) >= 11 is 0. The lowest BCUT2D eigenvalue weighted by molar-refractivity contribution is 0.0539. The number of rotatable bonds is 6. The fourth-order valence-corrected chi connectivity index (χ4v) is 4.22. The summed E-state index contributed by atoms with van der Waals surface area (Å²) in [6.07, 6.45) is 0.916. The Bertz CT molecular complexity index is 1020. The molecule has 0 radical (unpaired) electrons. The van der Waals surface area contributed by atoms with Gasteiger partial charge in [-0.2, -0.15) is 8.42 Å². The number of hydrogen-bond acceptors (Lipinski definition) is 5. The van der Waals surface area contributed by atoms with Crippen LogP contribution in [0.25, 0.3) is 0 Å². The van der Waals surface area contributed by atoms with Crippen LogP contribution < -0.4 is 4.48 Å². The lowest BCUT2D eigenvalue weighted by atomic mass is 9.91. The quantitative estimate of drug-likeness (QED) is 0.401. The number of para-hydroxylation sites is 1. The third-order valence-electron chi connectivity index (χ3n) is 5.27. The van der Waals surface area contributed by atoms with E-state index in [0.29, 0.717) is 5.69 Å². The second-order valence-electron chi connectivity index (χ2n) is 8.01. The molecule has 2 aromatic carbocycles. The minimum absolute atomic E-state index is 0.0150. The monoisotopic (exact) mass is 416 g/mol. The van der Waals surface area contributed by atoms with Crippen LogP contribution in [0.5, 0.6) is 0 Å². The SMILES string of the molecule is CC(C)c1cccc(C(C)C)c1[N+]1(COS(C)(=O)=O)C(=O)c2ccccc2C1=O.